The molecule has 1 unspecified atom stereocenters. The lowest BCUT2D eigenvalue weighted by atomic mass is 10.2. The molecule has 1 heterocycles. The molecule has 0 radical (unpaired) electrons. The first kappa shape index (κ1) is 16.0. The van der Waals surface area contributed by atoms with Crippen molar-refractivity contribution in [3.05, 3.63) is 0 Å². The van der Waals surface area contributed by atoms with Gasteiger partial charge in [0.1, 0.15) is 0 Å². The van der Waals surface area contributed by atoms with Gasteiger partial charge in [-0.1, -0.05) is 5.92 Å². The van der Waals surface area contributed by atoms with E-state index in [0.29, 0.717) is 26.1 Å². The molecule has 0 bridgehead atoms. The Kier molecular flexibility index (Phi) is 6.28. The van der Waals surface area contributed by atoms with Crippen LogP contribution in [0.1, 0.15) is 6.42 Å². The minimum absolute atomic E-state index is 0.0393. The predicted octanol–water partition coefficient (Wildman–Crippen LogP) is -1.13. The largest absolute Gasteiger partial charge is 0.383 e. The average Bonchev–Trinajstić information content (AvgIpc) is 2.70. The highest BCUT2D eigenvalue weighted by Crippen LogP contribution is 2.17. The number of methoxy groups -OCH3 is 1. The zero-order chi connectivity index (χ0) is 14.3. The van der Waals surface area contributed by atoms with E-state index in [1.165, 1.54) is 0 Å². The van der Waals surface area contributed by atoms with Gasteiger partial charge in [0.25, 0.3) is 0 Å². The van der Waals surface area contributed by atoms with Crippen LogP contribution in [0, 0.1) is 12.3 Å². The molecule has 1 N–H and O–H groups in total. The van der Waals surface area contributed by atoms with Crippen molar-refractivity contribution in [1.29, 1.82) is 0 Å². The zero-order valence-corrected chi connectivity index (χ0v) is 11.9. The zero-order valence-electron chi connectivity index (χ0n) is 11.1. The van der Waals surface area contributed by atoms with Crippen LogP contribution in [0.15, 0.2) is 0 Å². The van der Waals surface area contributed by atoms with Crippen molar-refractivity contribution in [2.24, 2.45) is 0 Å². The minimum Gasteiger partial charge on any atom is -0.383 e. The lowest BCUT2D eigenvalue weighted by Gasteiger charge is -2.28. The predicted molar refractivity (Wildman–Crippen MR) is 72.4 cm³/mol. The van der Waals surface area contributed by atoms with E-state index in [1.807, 2.05) is 0 Å². The molecule has 1 atom stereocenters. The van der Waals surface area contributed by atoms with Crippen LogP contribution in [0.2, 0.25) is 0 Å². The van der Waals surface area contributed by atoms with Gasteiger partial charge in [-0.05, 0) is 6.42 Å². The van der Waals surface area contributed by atoms with E-state index < -0.39 is 9.84 Å². The van der Waals surface area contributed by atoms with Crippen LogP contribution in [0.4, 0.5) is 0 Å². The van der Waals surface area contributed by atoms with Crippen molar-refractivity contribution in [3.8, 4) is 12.3 Å². The fourth-order valence-corrected chi connectivity index (χ4v) is 3.80. The maximum absolute atomic E-state index is 12.1. The standard InChI is InChI=1S/C12H20N2O4S/c1-3-5-13-9-12(15)14(6-7-18-2)11-4-8-19(16,17)10-11/h1,11,13H,4-10H2,2H3. The van der Waals surface area contributed by atoms with E-state index >= 15 is 0 Å². The monoisotopic (exact) mass is 288 g/mol. The highest BCUT2D eigenvalue weighted by atomic mass is 32.2. The molecule has 1 saturated heterocycles. The Morgan fingerprint density at radius 2 is 2.32 bits per heavy atom. The Hall–Kier alpha value is -1.10. The van der Waals surface area contributed by atoms with Crippen LogP contribution in [0.5, 0.6) is 0 Å². The van der Waals surface area contributed by atoms with Crippen molar-refractivity contribution < 1.29 is 17.9 Å². The summed E-state index contributed by atoms with van der Waals surface area (Å²) in [6.45, 7) is 1.21. The molecular formula is C12H20N2O4S. The first-order chi connectivity index (χ1) is 9.00. The number of carbonyl (C=O) groups is 1. The second-order valence-electron chi connectivity index (χ2n) is 4.44. The number of carbonyl (C=O) groups excluding carboxylic acids is 1. The summed E-state index contributed by atoms with van der Waals surface area (Å²) in [4.78, 5) is 13.6. The van der Waals surface area contributed by atoms with Gasteiger partial charge in [-0.25, -0.2) is 8.42 Å². The van der Waals surface area contributed by atoms with Crippen LogP contribution in [0.25, 0.3) is 0 Å². The molecule has 1 rings (SSSR count). The Balaban J connectivity index is 2.61. The average molecular weight is 288 g/mol. The molecule has 0 aromatic carbocycles. The summed E-state index contributed by atoms with van der Waals surface area (Å²) in [6, 6.07) is -0.250. The highest BCUT2D eigenvalue weighted by Gasteiger charge is 2.34. The van der Waals surface area contributed by atoms with Crippen LogP contribution in [-0.4, -0.2) is 70.1 Å². The van der Waals surface area contributed by atoms with E-state index in [2.05, 4.69) is 11.2 Å². The number of hydrogen-bond acceptors (Lipinski definition) is 5. The minimum atomic E-state index is -3.01. The second-order valence-corrected chi connectivity index (χ2v) is 6.67. The molecule has 0 aromatic heterocycles. The SMILES string of the molecule is C#CCNCC(=O)N(CCOC)C1CCS(=O)(=O)C1. The summed E-state index contributed by atoms with van der Waals surface area (Å²) in [5.41, 5.74) is 0. The molecule has 0 aromatic rings. The van der Waals surface area contributed by atoms with Gasteiger partial charge in [-0.3, -0.25) is 10.1 Å². The molecule has 1 aliphatic rings. The second kappa shape index (κ2) is 7.48. The maximum atomic E-state index is 12.1. The van der Waals surface area contributed by atoms with Gasteiger partial charge in [0, 0.05) is 19.7 Å². The van der Waals surface area contributed by atoms with Crippen molar-refractivity contribution in [2.75, 3.05) is 44.9 Å². The molecule has 0 spiro atoms. The number of terminal acetylenes is 1. The lowest BCUT2D eigenvalue weighted by molar-refractivity contribution is -0.132. The molecular weight excluding hydrogens is 268 g/mol. The fraction of sp³-hybridized carbons (Fsp3) is 0.750. The lowest BCUT2D eigenvalue weighted by Crippen LogP contribution is -2.46. The van der Waals surface area contributed by atoms with Crippen molar-refractivity contribution >= 4 is 15.7 Å². The third-order valence-corrected chi connectivity index (χ3v) is 4.76. The summed E-state index contributed by atoms with van der Waals surface area (Å²) in [5.74, 6) is 2.43. The van der Waals surface area contributed by atoms with Gasteiger partial charge >= 0.3 is 0 Å². The summed E-state index contributed by atoms with van der Waals surface area (Å²) in [7, 11) is -1.47. The molecule has 108 valence electrons. The number of nitrogens with zero attached hydrogens (tertiary/aromatic N) is 1. The van der Waals surface area contributed by atoms with Gasteiger partial charge in [-0.15, -0.1) is 6.42 Å². The number of rotatable bonds is 7. The van der Waals surface area contributed by atoms with Gasteiger partial charge in [0.2, 0.25) is 5.91 Å². The van der Waals surface area contributed by atoms with E-state index in [-0.39, 0.29) is 30.0 Å². The molecule has 1 aliphatic heterocycles. The molecule has 0 saturated carbocycles. The Bertz CT molecular complexity index is 441. The smallest absolute Gasteiger partial charge is 0.236 e. The quantitative estimate of drug-likeness (QED) is 0.474. The highest BCUT2D eigenvalue weighted by molar-refractivity contribution is 7.91. The van der Waals surface area contributed by atoms with Crippen LogP contribution < -0.4 is 5.32 Å². The first-order valence-corrected chi connectivity index (χ1v) is 7.95. The molecule has 19 heavy (non-hydrogen) atoms. The normalized spacial score (nSPS) is 20.9. The molecule has 1 amide bonds. The van der Waals surface area contributed by atoms with Gasteiger partial charge < -0.3 is 9.64 Å². The molecule has 1 fully saturated rings. The van der Waals surface area contributed by atoms with Gasteiger partial charge in [0.05, 0.1) is 31.2 Å². The molecule has 7 heteroatoms. The van der Waals surface area contributed by atoms with Gasteiger partial charge in [0.15, 0.2) is 9.84 Å². The summed E-state index contributed by atoms with van der Waals surface area (Å²) < 4.78 is 27.9. The van der Waals surface area contributed by atoms with E-state index in [0.717, 1.165) is 0 Å². The van der Waals surface area contributed by atoms with Crippen LogP contribution >= 0.6 is 0 Å². The summed E-state index contributed by atoms with van der Waals surface area (Å²) >= 11 is 0. The summed E-state index contributed by atoms with van der Waals surface area (Å²) in [5, 5.41) is 2.82. The number of nitrogens with one attached hydrogen (secondary N) is 1. The number of hydrogen-bond donors (Lipinski definition) is 1. The van der Waals surface area contributed by atoms with Crippen LogP contribution in [0.3, 0.4) is 0 Å². The third-order valence-electron chi connectivity index (χ3n) is 3.01. The fourth-order valence-electron chi connectivity index (χ4n) is 2.06. The number of sulfone groups is 1. The van der Waals surface area contributed by atoms with Gasteiger partial charge in [-0.2, -0.15) is 0 Å². The number of amides is 1. The Morgan fingerprint density at radius 1 is 1.58 bits per heavy atom. The Labute approximate surface area is 114 Å². The van der Waals surface area contributed by atoms with E-state index in [9.17, 15) is 13.2 Å². The van der Waals surface area contributed by atoms with E-state index in [1.54, 1.807) is 12.0 Å². The number of ether oxygens (including phenoxy) is 1. The van der Waals surface area contributed by atoms with Crippen LogP contribution in [-0.2, 0) is 19.4 Å². The van der Waals surface area contributed by atoms with Crippen molar-refractivity contribution in [1.82, 2.24) is 10.2 Å². The van der Waals surface area contributed by atoms with Crippen molar-refractivity contribution in [3.63, 3.8) is 0 Å². The molecule has 0 aliphatic carbocycles. The maximum Gasteiger partial charge on any atom is 0.236 e. The molecule has 6 nitrogen and oxygen atoms in total. The first-order valence-electron chi connectivity index (χ1n) is 6.13. The Morgan fingerprint density at radius 3 is 2.84 bits per heavy atom. The van der Waals surface area contributed by atoms with Crippen molar-refractivity contribution in [2.45, 2.75) is 12.5 Å². The topological polar surface area (TPSA) is 75.7 Å². The third kappa shape index (κ3) is 5.19. The summed E-state index contributed by atoms with van der Waals surface area (Å²) in [6.07, 6.45) is 5.59. The van der Waals surface area contributed by atoms with E-state index in [4.69, 9.17) is 11.2 Å².